The monoisotopic (exact) mass is 608 g/mol. The van der Waals surface area contributed by atoms with Crippen LogP contribution in [0.15, 0.2) is 123 Å². The van der Waals surface area contributed by atoms with Gasteiger partial charge in [0.05, 0.1) is 5.39 Å². The molecule has 7 nitrogen and oxygen atoms in total. The molecule has 1 amide bonds. The summed E-state index contributed by atoms with van der Waals surface area (Å²) in [6, 6.07) is 35.6. The molecule has 7 heteroatoms. The van der Waals surface area contributed by atoms with E-state index in [4.69, 9.17) is 13.6 Å². The number of carbonyl (C=O) groups excluding carboxylic acids is 1. The quantitative estimate of drug-likeness (QED) is 0.194. The second-order valence-corrected chi connectivity index (χ2v) is 12.0. The van der Waals surface area contributed by atoms with Crippen LogP contribution in [0.5, 0.6) is 5.75 Å². The summed E-state index contributed by atoms with van der Waals surface area (Å²) >= 11 is 0. The van der Waals surface area contributed by atoms with Gasteiger partial charge in [-0.25, -0.2) is 0 Å². The molecule has 2 aromatic heterocycles. The number of rotatable bonds is 7. The summed E-state index contributed by atoms with van der Waals surface area (Å²) in [4.78, 5) is 27.4. The Morgan fingerprint density at radius 2 is 1.37 bits per heavy atom. The molecular formula is C39H32N2O5. The molecule has 0 aliphatic rings. The fourth-order valence-corrected chi connectivity index (χ4v) is 5.29. The molecule has 0 bridgehead atoms. The first-order valence-corrected chi connectivity index (χ1v) is 15.0. The van der Waals surface area contributed by atoms with Crippen LogP contribution < -0.4 is 15.5 Å². The number of furan rings is 1. The van der Waals surface area contributed by atoms with E-state index in [0.29, 0.717) is 27.9 Å². The summed E-state index contributed by atoms with van der Waals surface area (Å²) in [5, 5.41) is 13.3. The normalized spacial score (nSPS) is 12.0. The summed E-state index contributed by atoms with van der Waals surface area (Å²) in [5.41, 5.74) is 3.95. The van der Waals surface area contributed by atoms with E-state index in [1.165, 1.54) is 6.92 Å². The lowest BCUT2D eigenvalue weighted by Gasteiger charge is -2.20. The number of amides is 1. The van der Waals surface area contributed by atoms with Crippen molar-refractivity contribution in [1.29, 1.82) is 5.26 Å². The lowest BCUT2D eigenvalue weighted by molar-refractivity contribution is -0.122. The number of hydrogen-bond acceptors (Lipinski definition) is 6. The Morgan fingerprint density at radius 1 is 0.783 bits per heavy atom. The van der Waals surface area contributed by atoms with Crippen molar-refractivity contribution in [2.24, 2.45) is 0 Å². The number of ether oxygens (including phenoxy) is 1. The minimum Gasteiger partial charge on any atom is -0.473 e. The zero-order valence-corrected chi connectivity index (χ0v) is 26.0. The summed E-state index contributed by atoms with van der Waals surface area (Å²) in [7, 11) is 0. The molecule has 0 saturated carbocycles. The predicted octanol–water partition coefficient (Wildman–Crippen LogP) is 8.96. The number of benzene rings is 4. The number of nitriles is 1. The number of fused-ring (bicyclic) bond motifs is 1. The van der Waals surface area contributed by atoms with Crippen LogP contribution in [0.2, 0.25) is 0 Å². The van der Waals surface area contributed by atoms with Crippen molar-refractivity contribution in [2.75, 3.05) is 5.32 Å². The average molecular weight is 609 g/mol. The van der Waals surface area contributed by atoms with Gasteiger partial charge in [0.25, 0.3) is 5.91 Å². The largest absolute Gasteiger partial charge is 0.473 e. The molecule has 228 valence electrons. The molecule has 46 heavy (non-hydrogen) atoms. The summed E-state index contributed by atoms with van der Waals surface area (Å²) in [6.07, 6.45) is -1.16. The van der Waals surface area contributed by atoms with E-state index in [-0.39, 0.29) is 28.4 Å². The molecule has 0 radical (unpaired) electrons. The fraction of sp³-hybridized carbons (Fsp3) is 0.154. The number of anilines is 1. The van der Waals surface area contributed by atoms with Crippen LogP contribution in [0.3, 0.4) is 0 Å². The van der Waals surface area contributed by atoms with Gasteiger partial charge in [-0.2, -0.15) is 5.26 Å². The third-order valence-electron chi connectivity index (χ3n) is 7.79. The van der Waals surface area contributed by atoms with Gasteiger partial charge in [0.1, 0.15) is 23.0 Å². The van der Waals surface area contributed by atoms with Crippen molar-refractivity contribution in [3.8, 4) is 45.6 Å². The van der Waals surface area contributed by atoms with E-state index in [1.54, 1.807) is 24.3 Å². The smallest absolute Gasteiger partial charge is 0.267 e. The molecule has 0 fully saturated rings. The zero-order valence-electron chi connectivity index (χ0n) is 26.0. The lowest BCUT2D eigenvalue weighted by Crippen LogP contribution is -2.32. The van der Waals surface area contributed by atoms with Crippen molar-refractivity contribution < 1.29 is 18.4 Å². The Labute approximate surface area is 266 Å². The third kappa shape index (κ3) is 5.81. The highest BCUT2D eigenvalue weighted by Gasteiger charge is 2.28. The van der Waals surface area contributed by atoms with Crippen LogP contribution in [-0.2, 0) is 10.2 Å². The number of carbonyl (C=O) groups is 1. The van der Waals surface area contributed by atoms with E-state index in [2.05, 4.69) is 32.2 Å². The Morgan fingerprint density at radius 3 is 2.00 bits per heavy atom. The van der Waals surface area contributed by atoms with Crippen molar-refractivity contribution in [3.05, 3.63) is 131 Å². The maximum atomic E-state index is 13.7. The minimum absolute atomic E-state index is 0.0100. The van der Waals surface area contributed by atoms with Gasteiger partial charge in [-0.15, -0.1) is 0 Å². The van der Waals surface area contributed by atoms with Crippen LogP contribution in [0.25, 0.3) is 44.7 Å². The SMILES string of the molecule is CC(Oc1c(-c2ccc(C(C)(C)C)cc2)oc2ccccc2c1=O)C(=O)Nc1oc(-c2ccccc2)c(-c2ccccc2)c1C#N. The van der Waals surface area contributed by atoms with E-state index >= 15 is 0 Å². The Balaban J connectivity index is 1.37. The molecule has 4 aromatic carbocycles. The second kappa shape index (κ2) is 12.3. The van der Waals surface area contributed by atoms with Crippen LogP contribution >= 0.6 is 0 Å². The summed E-state index contributed by atoms with van der Waals surface area (Å²) in [5.74, 6) is -0.0318. The Bertz CT molecular complexity index is 2130. The first kappa shape index (κ1) is 30.2. The third-order valence-corrected chi connectivity index (χ3v) is 7.79. The molecule has 1 unspecified atom stereocenters. The molecule has 0 saturated heterocycles. The van der Waals surface area contributed by atoms with Crippen molar-refractivity contribution in [1.82, 2.24) is 0 Å². The Kier molecular flexibility index (Phi) is 8.04. The topological polar surface area (TPSA) is 105 Å². The molecule has 6 aromatic rings. The standard InChI is InChI=1S/C39H32N2O5/c1-24(37(43)41-38-30(23-40)32(25-13-7-5-8-14-25)34(46-38)26-15-9-6-10-16-26)44-36-33(42)29-17-11-12-18-31(29)45-35(36)27-19-21-28(22-20-27)39(2,3)4/h5-22,24H,1-4H3,(H,41,43). The van der Waals surface area contributed by atoms with Crippen LogP contribution in [0.1, 0.15) is 38.8 Å². The van der Waals surface area contributed by atoms with Gasteiger partial charge in [0.2, 0.25) is 17.1 Å². The highest BCUT2D eigenvalue weighted by molar-refractivity contribution is 5.98. The Hall–Kier alpha value is -5.87. The van der Waals surface area contributed by atoms with Gasteiger partial charge in [0.15, 0.2) is 11.9 Å². The summed E-state index contributed by atoms with van der Waals surface area (Å²) in [6.45, 7) is 7.89. The zero-order chi connectivity index (χ0) is 32.4. The lowest BCUT2D eigenvalue weighted by atomic mass is 9.86. The van der Waals surface area contributed by atoms with Gasteiger partial charge >= 0.3 is 0 Å². The molecule has 6 rings (SSSR count). The van der Waals surface area contributed by atoms with Crippen molar-refractivity contribution >= 4 is 22.8 Å². The highest BCUT2D eigenvalue weighted by atomic mass is 16.5. The number of nitrogens with one attached hydrogen (secondary N) is 1. The number of hydrogen-bond donors (Lipinski definition) is 1. The van der Waals surface area contributed by atoms with Crippen LogP contribution in [-0.4, -0.2) is 12.0 Å². The van der Waals surface area contributed by atoms with Gasteiger partial charge in [-0.3, -0.25) is 14.9 Å². The molecule has 0 aliphatic carbocycles. The molecule has 2 heterocycles. The molecule has 1 N–H and O–H groups in total. The highest BCUT2D eigenvalue weighted by Crippen LogP contribution is 2.41. The molecule has 1 atom stereocenters. The van der Waals surface area contributed by atoms with Crippen molar-refractivity contribution in [3.63, 3.8) is 0 Å². The van der Waals surface area contributed by atoms with E-state index < -0.39 is 17.4 Å². The molecule has 0 aliphatic heterocycles. The average Bonchev–Trinajstić information content (AvgIpc) is 3.44. The van der Waals surface area contributed by atoms with Crippen LogP contribution in [0, 0.1) is 11.3 Å². The summed E-state index contributed by atoms with van der Waals surface area (Å²) < 4.78 is 18.5. The number of nitrogens with zero attached hydrogens (tertiary/aromatic N) is 1. The first-order chi connectivity index (χ1) is 22.2. The van der Waals surface area contributed by atoms with Gasteiger partial charge < -0.3 is 13.6 Å². The van der Waals surface area contributed by atoms with Crippen molar-refractivity contribution in [2.45, 2.75) is 39.2 Å². The first-order valence-electron chi connectivity index (χ1n) is 15.0. The maximum Gasteiger partial charge on any atom is 0.267 e. The molecular weight excluding hydrogens is 576 g/mol. The van der Waals surface area contributed by atoms with Gasteiger partial charge in [-0.1, -0.05) is 118 Å². The van der Waals surface area contributed by atoms with E-state index in [1.807, 2.05) is 84.9 Å². The number of para-hydroxylation sites is 1. The van der Waals surface area contributed by atoms with Gasteiger partial charge in [0, 0.05) is 16.7 Å². The van der Waals surface area contributed by atoms with E-state index in [9.17, 15) is 14.9 Å². The van der Waals surface area contributed by atoms with Gasteiger partial charge in [-0.05, 0) is 35.6 Å². The maximum absolute atomic E-state index is 13.7. The molecule has 0 spiro atoms. The fourth-order valence-electron chi connectivity index (χ4n) is 5.29. The second-order valence-electron chi connectivity index (χ2n) is 12.0. The van der Waals surface area contributed by atoms with E-state index in [0.717, 1.165) is 16.7 Å². The minimum atomic E-state index is -1.16. The predicted molar refractivity (Wildman–Crippen MR) is 180 cm³/mol. The van der Waals surface area contributed by atoms with Crippen LogP contribution in [0.4, 0.5) is 5.88 Å².